The van der Waals surface area contributed by atoms with Crippen LogP contribution in [0.2, 0.25) is 5.02 Å². The Morgan fingerprint density at radius 3 is 2.96 bits per heavy atom. The molecule has 1 aromatic heterocycles. The Labute approximate surface area is 161 Å². The highest BCUT2D eigenvalue weighted by Gasteiger charge is 2.27. The summed E-state index contributed by atoms with van der Waals surface area (Å²) < 4.78 is 5.12. The first-order chi connectivity index (χ1) is 13.0. The van der Waals surface area contributed by atoms with E-state index in [4.69, 9.17) is 16.3 Å². The SMILES string of the molecule is COc1ccc(CNc2cnc(N3CCC[C@@H]3CO)nc2C(=O)O)cc1Cl. The fraction of sp³-hybridized carbons (Fsp3) is 0.389. The second-order valence-corrected chi connectivity index (χ2v) is 6.64. The Kier molecular flexibility index (Phi) is 5.98. The van der Waals surface area contributed by atoms with Gasteiger partial charge in [0.05, 0.1) is 36.7 Å². The quantitative estimate of drug-likeness (QED) is 0.659. The van der Waals surface area contributed by atoms with E-state index in [2.05, 4.69) is 15.3 Å². The molecule has 0 bridgehead atoms. The number of halogens is 1. The lowest BCUT2D eigenvalue weighted by Gasteiger charge is -2.23. The maximum atomic E-state index is 11.7. The van der Waals surface area contributed by atoms with E-state index >= 15 is 0 Å². The van der Waals surface area contributed by atoms with Gasteiger partial charge in [-0.1, -0.05) is 17.7 Å². The summed E-state index contributed by atoms with van der Waals surface area (Å²) >= 11 is 6.12. The molecule has 1 aliphatic rings. The van der Waals surface area contributed by atoms with Crippen LogP contribution in [0.15, 0.2) is 24.4 Å². The fourth-order valence-corrected chi connectivity index (χ4v) is 3.39. The number of benzene rings is 1. The fourth-order valence-electron chi connectivity index (χ4n) is 3.11. The average Bonchev–Trinajstić information content (AvgIpc) is 3.15. The van der Waals surface area contributed by atoms with Crippen molar-refractivity contribution in [1.29, 1.82) is 0 Å². The number of hydrogen-bond donors (Lipinski definition) is 3. The number of carboxylic acid groups (broad SMARTS) is 1. The minimum Gasteiger partial charge on any atom is -0.495 e. The highest BCUT2D eigenvalue weighted by atomic mass is 35.5. The van der Waals surface area contributed by atoms with Crippen molar-refractivity contribution >= 4 is 29.2 Å². The number of rotatable bonds is 7. The molecule has 0 amide bonds. The van der Waals surface area contributed by atoms with Crippen LogP contribution in [0.3, 0.4) is 0 Å². The summed E-state index contributed by atoms with van der Waals surface area (Å²) in [5.74, 6) is -0.251. The largest absolute Gasteiger partial charge is 0.495 e. The number of carbonyl (C=O) groups is 1. The van der Waals surface area contributed by atoms with Gasteiger partial charge in [0, 0.05) is 13.1 Å². The molecule has 8 nitrogen and oxygen atoms in total. The Hall–Kier alpha value is -2.58. The van der Waals surface area contributed by atoms with E-state index in [-0.39, 0.29) is 18.3 Å². The minimum absolute atomic E-state index is 0.00993. The molecule has 2 aromatic rings. The summed E-state index contributed by atoms with van der Waals surface area (Å²) in [5, 5.41) is 22.5. The van der Waals surface area contributed by atoms with Gasteiger partial charge in [0.25, 0.3) is 0 Å². The van der Waals surface area contributed by atoms with Gasteiger partial charge < -0.3 is 25.2 Å². The molecule has 1 aliphatic heterocycles. The molecule has 0 radical (unpaired) electrons. The number of aliphatic hydroxyl groups is 1. The predicted octanol–water partition coefficient (Wildman–Crippen LogP) is 2.41. The number of aliphatic hydroxyl groups excluding tert-OH is 1. The molecule has 144 valence electrons. The van der Waals surface area contributed by atoms with Crippen molar-refractivity contribution < 1.29 is 19.7 Å². The zero-order valence-corrected chi connectivity index (χ0v) is 15.6. The van der Waals surface area contributed by atoms with Gasteiger partial charge in [-0.15, -0.1) is 0 Å². The van der Waals surface area contributed by atoms with Gasteiger partial charge in [-0.3, -0.25) is 0 Å². The van der Waals surface area contributed by atoms with Crippen LogP contribution in [0.25, 0.3) is 0 Å². The first kappa shape index (κ1) is 19.2. The number of aromatic nitrogens is 2. The summed E-state index contributed by atoms with van der Waals surface area (Å²) in [6.07, 6.45) is 3.21. The third-order valence-corrected chi connectivity index (χ3v) is 4.82. The lowest BCUT2D eigenvalue weighted by Crippen LogP contribution is -2.33. The summed E-state index contributed by atoms with van der Waals surface area (Å²) in [6.45, 7) is 1.04. The van der Waals surface area contributed by atoms with Crippen molar-refractivity contribution in [2.75, 3.05) is 30.5 Å². The molecule has 1 aromatic carbocycles. The number of hydrogen-bond acceptors (Lipinski definition) is 7. The topological polar surface area (TPSA) is 108 Å². The third kappa shape index (κ3) is 4.23. The zero-order valence-electron chi connectivity index (χ0n) is 14.9. The molecular formula is C18H21ClN4O4. The Morgan fingerprint density at radius 2 is 2.30 bits per heavy atom. The number of anilines is 2. The van der Waals surface area contributed by atoms with E-state index in [1.807, 2.05) is 11.0 Å². The molecule has 3 N–H and O–H groups in total. The Bertz CT molecular complexity index is 833. The first-order valence-corrected chi connectivity index (χ1v) is 8.95. The molecule has 1 atom stereocenters. The van der Waals surface area contributed by atoms with Gasteiger partial charge in [-0.05, 0) is 30.5 Å². The summed E-state index contributed by atoms with van der Waals surface area (Å²) in [7, 11) is 1.54. The van der Waals surface area contributed by atoms with E-state index in [0.717, 1.165) is 18.4 Å². The molecular weight excluding hydrogens is 372 g/mol. The van der Waals surface area contributed by atoms with Crippen molar-refractivity contribution in [2.24, 2.45) is 0 Å². The highest BCUT2D eigenvalue weighted by Crippen LogP contribution is 2.27. The van der Waals surface area contributed by atoms with Gasteiger partial charge in [0.1, 0.15) is 5.75 Å². The summed E-state index contributed by atoms with van der Waals surface area (Å²) in [5.41, 5.74) is 1.07. The molecule has 0 saturated carbocycles. The van der Waals surface area contributed by atoms with E-state index in [0.29, 0.717) is 35.5 Å². The van der Waals surface area contributed by atoms with Crippen LogP contribution < -0.4 is 15.0 Å². The monoisotopic (exact) mass is 392 g/mol. The van der Waals surface area contributed by atoms with Crippen LogP contribution in [-0.4, -0.2) is 52.5 Å². The maximum Gasteiger partial charge on any atom is 0.356 e. The highest BCUT2D eigenvalue weighted by molar-refractivity contribution is 6.32. The summed E-state index contributed by atoms with van der Waals surface area (Å²) in [4.78, 5) is 22.0. The normalized spacial score (nSPS) is 16.4. The minimum atomic E-state index is -1.14. The summed E-state index contributed by atoms with van der Waals surface area (Å²) in [6, 6.07) is 5.26. The van der Waals surface area contributed by atoms with Gasteiger partial charge in [0.15, 0.2) is 5.69 Å². The molecule has 3 rings (SSSR count). The maximum absolute atomic E-state index is 11.7. The van der Waals surface area contributed by atoms with E-state index in [9.17, 15) is 15.0 Å². The molecule has 9 heteroatoms. The van der Waals surface area contributed by atoms with Crippen LogP contribution in [0, 0.1) is 0 Å². The van der Waals surface area contributed by atoms with Crippen molar-refractivity contribution in [3.63, 3.8) is 0 Å². The first-order valence-electron chi connectivity index (χ1n) is 8.57. The number of ether oxygens (including phenoxy) is 1. The van der Waals surface area contributed by atoms with Gasteiger partial charge in [0.2, 0.25) is 5.95 Å². The van der Waals surface area contributed by atoms with Crippen LogP contribution in [0.5, 0.6) is 5.75 Å². The smallest absolute Gasteiger partial charge is 0.356 e. The number of aromatic carboxylic acids is 1. The standard InChI is InChI=1S/C18H21ClN4O4/c1-27-15-5-4-11(7-13(15)19)8-20-14-9-21-18(22-16(14)17(25)26)23-6-2-3-12(23)10-24/h4-5,7,9,12,20,24H,2-3,6,8,10H2,1H3,(H,25,26)/t12-/m1/s1. The van der Waals surface area contributed by atoms with Crippen LogP contribution >= 0.6 is 11.6 Å². The van der Waals surface area contributed by atoms with Gasteiger partial charge >= 0.3 is 5.97 Å². The average molecular weight is 393 g/mol. The third-order valence-electron chi connectivity index (χ3n) is 4.52. The van der Waals surface area contributed by atoms with Crippen molar-refractivity contribution in [3.8, 4) is 5.75 Å². The Morgan fingerprint density at radius 1 is 1.48 bits per heavy atom. The van der Waals surface area contributed by atoms with Crippen LogP contribution in [-0.2, 0) is 6.54 Å². The zero-order chi connectivity index (χ0) is 19.4. The molecule has 27 heavy (non-hydrogen) atoms. The molecule has 0 aliphatic carbocycles. The molecule has 0 unspecified atom stereocenters. The van der Waals surface area contributed by atoms with Gasteiger partial charge in [-0.2, -0.15) is 0 Å². The number of nitrogens with one attached hydrogen (secondary N) is 1. The van der Waals surface area contributed by atoms with Crippen LogP contribution in [0.4, 0.5) is 11.6 Å². The van der Waals surface area contributed by atoms with E-state index in [1.54, 1.807) is 19.2 Å². The predicted molar refractivity (Wildman–Crippen MR) is 102 cm³/mol. The van der Waals surface area contributed by atoms with Crippen LogP contribution in [0.1, 0.15) is 28.9 Å². The van der Waals surface area contributed by atoms with E-state index in [1.165, 1.54) is 6.20 Å². The lowest BCUT2D eigenvalue weighted by atomic mass is 10.2. The second kappa shape index (κ2) is 8.41. The number of nitrogens with zero attached hydrogens (tertiary/aromatic N) is 3. The molecule has 1 fully saturated rings. The number of methoxy groups -OCH3 is 1. The molecule has 1 saturated heterocycles. The van der Waals surface area contributed by atoms with Crippen molar-refractivity contribution in [1.82, 2.24) is 9.97 Å². The van der Waals surface area contributed by atoms with Crippen molar-refractivity contribution in [2.45, 2.75) is 25.4 Å². The second-order valence-electron chi connectivity index (χ2n) is 6.23. The lowest BCUT2D eigenvalue weighted by molar-refractivity contribution is 0.0691. The molecule has 0 spiro atoms. The molecule has 2 heterocycles. The van der Waals surface area contributed by atoms with Crippen molar-refractivity contribution in [3.05, 3.63) is 40.7 Å². The van der Waals surface area contributed by atoms with Gasteiger partial charge in [-0.25, -0.2) is 14.8 Å². The number of carboxylic acids is 1. The van der Waals surface area contributed by atoms with E-state index < -0.39 is 5.97 Å². The Balaban J connectivity index is 1.79.